The van der Waals surface area contributed by atoms with Gasteiger partial charge < -0.3 is 15.5 Å². The highest BCUT2D eigenvalue weighted by molar-refractivity contribution is 6.30. The zero-order valence-electron chi connectivity index (χ0n) is 17.2. The maximum atomic E-state index is 6.10. The number of rotatable bonds is 7. The number of nitrogens with zero attached hydrogens (tertiary/aromatic N) is 3. The first-order valence-corrected chi connectivity index (χ1v) is 10.8. The van der Waals surface area contributed by atoms with Gasteiger partial charge in [-0.25, -0.2) is 9.97 Å². The molecule has 1 saturated carbocycles. The van der Waals surface area contributed by atoms with Crippen molar-refractivity contribution in [3.05, 3.63) is 70.9 Å². The number of ether oxygens (including phenoxy) is 1. The predicted octanol–water partition coefficient (Wildman–Crippen LogP) is 4.78. The van der Waals surface area contributed by atoms with Gasteiger partial charge in [0, 0.05) is 47.3 Å². The Morgan fingerprint density at radius 1 is 1.13 bits per heavy atom. The number of aromatic nitrogens is 3. The highest BCUT2D eigenvalue weighted by atomic mass is 35.5. The maximum Gasteiger partial charge on any atom is 0.213 e. The lowest BCUT2D eigenvalue weighted by Crippen LogP contribution is -2.24. The fourth-order valence-corrected chi connectivity index (χ4v) is 4.25. The van der Waals surface area contributed by atoms with Crippen molar-refractivity contribution in [2.45, 2.75) is 50.8 Å². The number of pyridine rings is 1. The van der Waals surface area contributed by atoms with Gasteiger partial charge in [-0.05, 0) is 62.6 Å². The molecule has 0 radical (unpaired) electrons. The second kappa shape index (κ2) is 9.49. The number of anilines is 1. The third kappa shape index (κ3) is 5.32. The van der Waals surface area contributed by atoms with Crippen molar-refractivity contribution in [2.75, 3.05) is 12.8 Å². The van der Waals surface area contributed by atoms with Crippen LogP contribution in [0.25, 0.3) is 0 Å². The largest absolute Gasteiger partial charge is 0.474 e. The van der Waals surface area contributed by atoms with Crippen LogP contribution in [0.3, 0.4) is 0 Å². The van der Waals surface area contributed by atoms with Gasteiger partial charge in [0.2, 0.25) is 5.88 Å². The molecule has 1 aromatic carbocycles. The molecule has 0 spiro atoms. The molecule has 6 nitrogen and oxygen atoms in total. The van der Waals surface area contributed by atoms with E-state index in [4.69, 9.17) is 22.1 Å². The van der Waals surface area contributed by atoms with E-state index < -0.39 is 0 Å². The molecule has 30 heavy (non-hydrogen) atoms. The molecule has 2 aromatic heterocycles. The number of nitrogens with one attached hydrogen (secondary N) is 1. The molecule has 1 fully saturated rings. The first kappa shape index (κ1) is 20.7. The van der Waals surface area contributed by atoms with Crippen LogP contribution in [0, 0.1) is 0 Å². The van der Waals surface area contributed by atoms with Crippen LogP contribution < -0.4 is 10.5 Å². The predicted molar refractivity (Wildman–Crippen MR) is 119 cm³/mol. The van der Waals surface area contributed by atoms with Crippen molar-refractivity contribution in [3.63, 3.8) is 0 Å². The Kier molecular flexibility index (Phi) is 6.55. The number of nitrogen functional groups attached to an aromatic ring is 1. The van der Waals surface area contributed by atoms with Crippen LogP contribution >= 0.6 is 11.6 Å². The Bertz CT molecular complexity index is 953. The van der Waals surface area contributed by atoms with Gasteiger partial charge in [0.05, 0.1) is 6.54 Å². The quantitative estimate of drug-likeness (QED) is 0.532. The van der Waals surface area contributed by atoms with Crippen molar-refractivity contribution in [2.24, 2.45) is 0 Å². The molecule has 0 aliphatic heterocycles. The number of H-pyrrole nitrogens is 1. The van der Waals surface area contributed by atoms with Crippen molar-refractivity contribution < 1.29 is 4.74 Å². The summed E-state index contributed by atoms with van der Waals surface area (Å²) in [5, 5.41) is 0.704. The molecule has 2 heterocycles. The lowest BCUT2D eigenvalue weighted by molar-refractivity contribution is 0.140. The second-order valence-corrected chi connectivity index (χ2v) is 8.50. The Labute approximate surface area is 182 Å². The fraction of sp³-hybridized carbons (Fsp3) is 0.391. The van der Waals surface area contributed by atoms with E-state index in [-0.39, 0.29) is 6.10 Å². The molecule has 7 heteroatoms. The fourth-order valence-electron chi connectivity index (χ4n) is 4.06. The lowest BCUT2D eigenvalue weighted by Gasteiger charge is -2.28. The van der Waals surface area contributed by atoms with Gasteiger partial charge in [0.15, 0.2) is 0 Å². The molecule has 3 N–H and O–H groups in total. The third-order valence-corrected chi connectivity index (χ3v) is 5.89. The van der Waals surface area contributed by atoms with Gasteiger partial charge >= 0.3 is 0 Å². The van der Waals surface area contributed by atoms with Crippen LogP contribution in [0.15, 0.2) is 48.8 Å². The summed E-state index contributed by atoms with van der Waals surface area (Å²) in [6.45, 7) is 1.45. The summed E-state index contributed by atoms with van der Waals surface area (Å²) in [4.78, 5) is 14.6. The Morgan fingerprint density at radius 2 is 1.97 bits per heavy atom. The zero-order valence-corrected chi connectivity index (χ0v) is 18.0. The molecule has 4 rings (SSSR count). The normalized spacial score (nSPS) is 19.2. The van der Waals surface area contributed by atoms with Crippen molar-refractivity contribution in [1.82, 2.24) is 19.9 Å². The first-order chi connectivity index (χ1) is 14.6. The molecule has 0 atom stereocenters. The minimum Gasteiger partial charge on any atom is -0.474 e. The topological polar surface area (TPSA) is 80.1 Å². The number of halogens is 1. The molecule has 1 aliphatic rings. The lowest BCUT2D eigenvalue weighted by atomic mass is 9.85. The highest BCUT2D eigenvalue weighted by Crippen LogP contribution is 2.33. The van der Waals surface area contributed by atoms with Gasteiger partial charge in [0.25, 0.3) is 0 Å². The molecule has 3 aromatic rings. The summed E-state index contributed by atoms with van der Waals surface area (Å²) in [5.74, 6) is 2.19. The number of aromatic amines is 1. The number of imidazole rings is 1. The summed E-state index contributed by atoms with van der Waals surface area (Å²) in [7, 11) is 2.06. The van der Waals surface area contributed by atoms with Gasteiger partial charge in [-0.15, -0.1) is 0 Å². The molecule has 158 valence electrons. The SMILES string of the molecule is CN(Cc1ncc(C2CCC(Oc3ccccn3)CC2)[nH]1)Cc1cc(Cl)ccc1N. The molecular formula is C23H28ClN5O. The van der Waals surface area contributed by atoms with E-state index in [1.54, 1.807) is 6.20 Å². The van der Waals surface area contributed by atoms with E-state index in [1.807, 2.05) is 42.6 Å². The average molecular weight is 426 g/mol. The monoisotopic (exact) mass is 425 g/mol. The Morgan fingerprint density at radius 3 is 2.73 bits per heavy atom. The van der Waals surface area contributed by atoms with E-state index in [2.05, 4.69) is 26.9 Å². The van der Waals surface area contributed by atoms with E-state index >= 15 is 0 Å². The standard InChI is InChI=1S/C23H28ClN5O/c1-29(14-17-12-18(24)7-10-20(17)25)15-22-27-13-21(28-22)16-5-8-19(9-6-16)30-23-4-2-3-11-26-23/h2-4,7,10-13,16,19H,5-6,8-9,14-15,25H2,1H3,(H,27,28). The number of benzene rings is 1. The number of hydrogen-bond acceptors (Lipinski definition) is 5. The summed E-state index contributed by atoms with van der Waals surface area (Å²) >= 11 is 6.10. The number of hydrogen-bond donors (Lipinski definition) is 2. The molecule has 1 aliphatic carbocycles. The van der Waals surface area contributed by atoms with Gasteiger partial charge in [0.1, 0.15) is 11.9 Å². The van der Waals surface area contributed by atoms with Crippen LogP contribution in [0.2, 0.25) is 5.02 Å². The van der Waals surface area contributed by atoms with Gasteiger partial charge in [-0.2, -0.15) is 0 Å². The zero-order chi connectivity index (χ0) is 20.9. The summed E-state index contributed by atoms with van der Waals surface area (Å²) < 4.78 is 6.01. The van der Waals surface area contributed by atoms with E-state index in [1.165, 1.54) is 5.69 Å². The van der Waals surface area contributed by atoms with Crippen LogP contribution in [0.4, 0.5) is 5.69 Å². The second-order valence-electron chi connectivity index (χ2n) is 8.06. The Balaban J connectivity index is 1.28. The number of nitrogens with two attached hydrogens (primary N) is 1. The van der Waals surface area contributed by atoms with Crippen molar-refractivity contribution >= 4 is 17.3 Å². The minimum atomic E-state index is 0.243. The molecule has 0 unspecified atom stereocenters. The van der Waals surface area contributed by atoms with Crippen LogP contribution in [-0.2, 0) is 13.1 Å². The van der Waals surface area contributed by atoms with Crippen molar-refractivity contribution in [3.8, 4) is 5.88 Å². The maximum absolute atomic E-state index is 6.10. The smallest absolute Gasteiger partial charge is 0.213 e. The van der Waals surface area contributed by atoms with Crippen molar-refractivity contribution in [1.29, 1.82) is 0 Å². The molecule has 0 bridgehead atoms. The van der Waals surface area contributed by atoms with E-state index in [9.17, 15) is 0 Å². The van der Waals surface area contributed by atoms with Crippen LogP contribution in [-0.4, -0.2) is 33.0 Å². The minimum absolute atomic E-state index is 0.243. The van der Waals surface area contributed by atoms with Gasteiger partial charge in [-0.3, -0.25) is 4.90 Å². The van der Waals surface area contributed by atoms with Gasteiger partial charge in [-0.1, -0.05) is 17.7 Å². The molecule has 0 saturated heterocycles. The first-order valence-electron chi connectivity index (χ1n) is 10.4. The average Bonchev–Trinajstić information content (AvgIpc) is 3.20. The van der Waals surface area contributed by atoms with Crippen LogP contribution in [0.1, 0.15) is 48.7 Å². The summed E-state index contributed by atoms with van der Waals surface area (Å²) in [6.07, 6.45) is 8.24. The summed E-state index contributed by atoms with van der Waals surface area (Å²) in [6, 6.07) is 11.4. The third-order valence-electron chi connectivity index (χ3n) is 5.65. The van der Waals surface area contributed by atoms with E-state index in [0.717, 1.165) is 55.8 Å². The van der Waals surface area contributed by atoms with Crippen LogP contribution in [0.5, 0.6) is 5.88 Å². The van der Waals surface area contributed by atoms with E-state index in [0.29, 0.717) is 16.8 Å². The molecular weight excluding hydrogens is 398 g/mol. The summed E-state index contributed by atoms with van der Waals surface area (Å²) in [5.41, 5.74) is 9.08. The Hall–Kier alpha value is -2.57. The molecule has 0 amide bonds. The highest BCUT2D eigenvalue weighted by Gasteiger charge is 2.25.